The van der Waals surface area contributed by atoms with E-state index in [4.69, 9.17) is 16.0 Å². The summed E-state index contributed by atoms with van der Waals surface area (Å²) < 4.78 is 13.5. The van der Waals surface area contributed by atoms with Gasteiger partial charge in [-0.05, 0) is 97.8 Å². The molecule has 7 aromatic rings. The number of ether oxygens (including phenoxy) is 2. The SMILES string of the molecule is [C-]#[N+]c1ccc2c(c1)C(CC)(CC)c1c3c(c4ccccc4c1-2)OC(c1ccc(N2CCOCC2)cc1)(c1ccc2c(c1)C(C)(C)c1ccc4ccccc4c1-2)C=C3. The molecule has 58 heavy (non-hydrogen) atoms. The Morgan fingerprint density at radius 2 is 1.36 bits per heavy atom. The van der Waals surface area contributed by atoms with Crippen LogP contribution in [0.3, 0.4) is 0 Å². The van der Waals surface area contributed by atoms with Crippen LogP contribution in [0.15, 0.2) is 127 Å². The Hall–Kier alpha value is -6.15. The summed E-state index contributed by atoms with van der Waals surface area (Å²) in [6.07, 6.45) is 6.56. The van der Waals surface area contributed by atoms with Crippen molar-refractivity contribution in [2.24, 2.45) is 0 Å². The van der Waals surface area contributed by atoms with Crippen LogP contribution in [0.5, 0.6) is 5.75 Å². The lowest BCUT2D eigenvalue weighted by molar-refractivity contribution is 0.122. The predicted octanol–water partition coefficient (Wildman–Crippen LogP) is 13.1. The van der Waals surface area contributed by atoms with Crippen molar-refractivity contribution in [3.05, 3.63) is 178 Å². The molecule has 2 heterocycles. The summed E-state index contributed by atoms with van der Waals surface area (Å²) in [6, 6.07) is 44.7. The third-order valence-corrected chi connectivity index (χ3v) is 14.2. The molecule has 4 aliphatic rings. The van der Waals surface area contributed by atoms with Crippen molar-refractivity contribution >= 4 is 39.0 Å². The van der Waals surface area contributed by atoms with Gasteiger partial charge in [-0.2, -0.15) is 0 Å². The van der Waals surface area contributed by atoms with Crippen LogP contribution in [-0.2, 0) is 21.2 Å². The van der Waals surface area contributed by atoms with Crippen LogP contribution < -0.4 is 9.64 Å². The van der Waals surface area contributed by atoms with Crippen molar-refractivity contribution in [1.29, 1.82) is 0 Å². The average Bonchev–Trinajstić information content (AvgIpc) is 3.71. The molecular formula is C54H46N2O2. The van der Waals surface area contributed by atoms with Crippen LogP contribution in [0.4, 0.5) is 11.4 Å². The monoisotopic (exact) mass is 754 g/mol. The van der Waals surface area contributed by atoms with E-state index in [1.165, 1.54) is 66.4 Å². The van der Waals surface area contributed by atoms with E-state index in [1.807, 2.05) is 6.07 Å². The van der Waals surface area contributed by atoms with Crippen LogP contribution >= 0.6 is 0 Å². The summed E-state index contributed by atoms with van der Waals surface area (Å²) >= 11 is 0. The fourth-order valence-electron chi connectivity index (χ4n) is 11.2. The first-order valence-corrected chi connectivity index (χ1v) is 20.9. The van der Waals surface area contributed by atoms with E-state index in [1.54, 1.807) is 0 Å². The Labute approximate surface area is 341 Å². The van der Waals surface area contributed by atoms with Crippen molar-refractivity contribution in [2.75, 3.05) is 31.2 Å². The van der Waals surface area contributed by atoms with Gasteiger partial charge in [-0.1, -0.05) is 137 Å². The highest BCUT2D eigenvalue weighted by molar-refractivity contribution is 6.09. The molecule has 4 nitrogen and oxygen atoms in total. The first kappa shape index (κ1) is 35.0. The molecule has 284 valence electrons. The number of hydrogen-bond donors (Lipinski definition) is 0. The molecule has 4 heteroatoms. The average molecular weight is 755 g/mol. The number of fused-ring (bicyclic) bond motifs is 13. The first-order valence-electron chi connectivity index (χ1n) is 20.9. The van der Waals surface area contributed by atoms with Crippen molar-refractivity contribution in [3.63, 3.8) is 0 Å². The van der Waals surface area contributed by atoms with Crippen molar-refractivity contribution in [1.82, 2.24) is 0 Å². The summed E-state index contributed by atoms with van der Waals surface area (Å²) in [7, 11) is 0. The quantitative estimate of drug-likeness (QED) is 0.164. The topological polar surface area (TPSA) is 26.1 Å². The van der Waals surface area contributed by atoms with Crippen LogP contribution in [0.1, 0.15) is 79.5 Å². The molecule has 0 amide bonds. The van der Waals surface area contributed by atoms with E-state index in [0.717, 1.165) is 67.0 Å². The Bertz CT molecular complexity index is 2920. The Morgan fingerprint density at radius 1 is 0.672 bits per heavy atom. The molecule has 7 aromatic carbocycles. The Kier molecular flexibility index (Phi) is 7.66. The maximum atomic E-state index is 7.90. The molecule has 2 aliphatic heterocycles. The molecule has 1 unspecified atom stereocenters. The van der Waals surface area contributed by atoms with Gasteiger partial charge in [0.15, 0.2) is 11.3 Å². The van der Waals surface area contributed by atoms with Gasteiger partial charge in [0.1, 0.15) is 5.75 Å². The van der Waals surface area contributed by atoms with E-state index in [-0.39, 0.29) is 10.8 Å². The lowest BCUT2D eigenvalue weighted by atomic mass is 9.71. The van der Waals surface area contributed by atoms with Gasteiger partial charge in [-0.25, -0.2) is 4.85 Å². The largest absolute Gasteiger partial charge is 0.472 e. The Morgan fingerprint density at radius 3 is 2.12 bits per heavy atom. The van der Waals surface area contributed by atoms with Crippen molar-refractivity contribution in [3.8, 4) is 28.0 Å². The Balaban J connectivity index is 1.16. The molecule has 0 aromatic heterocycles. The molecule has 0 spiro atoms. The third kappa shape index (κ3) is 4.66. The first-order chi connectivity index (χ1) is 28.3. The van der Waals surface area contributed by atoms with Gasteiger partial charge in [0.25, 0.3) is 0 Å². The second-order valence-corrected chi connectivity index (χ2v) is 17.1. The van der Waals surface area contributed by atoms with Gasteiger partial charge >= 0.3 is 0 Å². The van der Waals surface area contributed by atoms with E-state index >= 15 is 0 Å². The smallest absolute Gasteiger partial charge is 0.187 e. The number of nitrogens with zero attached hydrogens (tertiary/aromatic N) is 2. The number of benzene rings is 7. The van der Waals surface area contributed by atoms with E-state index < -0.39 is 5.60 Å². The highest BCUT2D eigenvalue weighted by Crippen LogP contribution is 2.61. The number of morpholine rings is 1. The molecular weight excluding hydrogens is 709 g/mol. The fraction of sp³-hybridized carbons (Fsp3) is 0.241. The molecule has 0 radical (unpaired) electrons. The van der Waals surface area contributed by atoms with Gasteiger partial charge in [0, 0.05) is 51.7 Å². The van der Waals surface area contributed by atoms with Gasteiger partial charge in [0.05, 0.1) is 19.8 Å². The second kappa shape index (κ2) is 12.7. The van der Waals surface area contributed by atoms with Gasteiger partial charge < -0.3 is 14.4 Å². The van der Waals surface area contributed by atoms with Crippen molar-refractivity contribution in [2.45, 2.75) is 57.0 Å². The van der Waals surface area contributed by atoms with Gasteiger partial charge in [0.2, 0.25) is 0 Å². The molecule has 2 aliphatic carbocycles. The summed E-state index contributed by atoms with van der Waals surface area (Å²) in [6.45, 7) is 20.5. The van der Waals surface area contributed by atoms with Crippen LogP contribution in [0, 0.1) is 6.57 Å². The maximum Gasteiger partial charge on any atom is 0.187 e. The minimum absolute atomic E-state index is 0.201. The van der Waals surface area contributed by atoms with Crippen LogP contribution in [0.25, 0.3) is 54.7 Å². The lowest BCUT2D eigenvalue weighted by Gasteiger charge is -2.40. The summed E-state index contributed by atoms with van der Waals surface area (Å²) in [5.74, 6) is 0.924. The van der Waals surface area contributed by atoms with Gasteiger partial charge in [-0.15, -0.1) is 0 Å². The highest BCUT2D eigenvalue weighted by Gasteiger charge is 2.47. The van der Waals surface area contributed by atoms with E-state index in [2.05, 4.69) is 165 Å². The third-order valence-electron chi connectivity index (χ3n) is 14.2. The second-order valence-electron chi connectivity index (χ2n) is 17.1. The molecule has 1 fully saturated rings. The van der Waals surface area contributed by atoms with Crippen LogP contribution in [-0.4, -0.2) is 26.3 Å². The number of rotatable bonds is 5. The summed E-state index contributed by atoms with van der Waals surface area (Å²) in [5.41, 5.74) is 14.3. The van der Waals surface area contributed by atoms with Crippen LogP contribution in [0.2, 0.25) is 0 Å². The molecule has 1 atom stereocenters. The molecule has 1 saturated heterocycles. The fourth-order valence-corrected chi connectivity index (χ4v) is 11.2. The van der Waals surface area contributed by atoms with E-state index in [9.17, 15) is 0 Å². The zero-order chi connectivity index (χ0) is 39.4. The minimum atomic E-state index is -0.903. The zero-order valence-corrected chi connectivity index (χ0v) is 33.7. The zero-order valence-electron chi connectivity index (χ0n) is 33.7. The number of anilines is 1. The molecule has 0 bridgehead atoms. The van der Waals surface area contributed by atoms with Crippen molar-refractivity contribution < 1.29 is 9.47 Å². The maximum absolute atomic E-state index is 7.90. The summed E-state index contributed by atoms with van der Waals surface area (Å²) in [4.78, 5) is 6.29. The van der Waals surface area contributed by atoms with E-state index in [0.29, 0.717) is 5.69 Å². The predicted molar refractivity (Wildman–Crippen MR) is 238 cm³/mol. The summed E-state index contributed by atoms with van der Waals surface area (Å²) in [5, 5.41) is 4.87. The van der Waals surface area contributed by atoms with Gasteiger partial charge in [-0.3, -0.25) is 0 Å². The number of hydrogen-bond acceptors (Lipinski definition) is 3. The molecule has 11 rings (SSSR count). The standard InChI is InChI=1S/C54H46N2O2/c1-6-53(7-2)47-33-37(55-5)20-24-43(47)49-40-14-10-11-15-41(40)51-44(50(49)53)26-27-54(58-51,35-17-21-38(22-18-35)56-28-30-57-31-29-56)36-19-23-42-46(32-36)52(3,4)45-25-16-34-12-8-9-13-39(34)48(42)45/h8-27,32-33H,6-7,28-31H2,1-4H3. The molecule has 0 saturated carbocycles. The minimum Gasteiger partial charge on any atom is -0.472 e. The molecule has 0 N–H and O–H groups in total. The normalized spacial score (nSPS) is 19.2. The lowest BCUT2D eigenvalue weighted by Crippen LogP contribution is -2.37. The highest BCUT2D eigenvalue weighted by atomic mass is 16.5.